The van der Waals surface area contributed by atoms with Crippen molar-refractivity contribution in [1.82, 2.24) is 4.98 Å². The van der Waals surface area contributed by atoms with Crippen LogP contribution in [0.25, 0.3) is 0 Å². The van der Waals surface area contributed by atoms with E-state index in [9.17, 15) is 8.42 Å². The van der Waals surface area contributed by atoms with E-state index < -0.39 is 22.2 Å². The van der Waals surface area contributed by atoms with E-state index in [0.717, 1.165) is 0 Å². The van der Waals surface area contributed by atoms with E-state index in [2.05, 4.69) is 4.98 Å². The molecule has 0 aliphatic heterocycles. The highest BCUT2D eigenvalue weighted by molar-refractivity contribution is 7.91. The highest BCUT2D eigenvalue weighted by Crippen LogP contribution is 2.18. The summed E-state index contributed by atoms with van der Waals surface area (Å²) in [6.45, 7) is 2.83. The first-order valence-corrected chi connectivity index (χ1v) is 6.29. The Hall–Kier alpha value is -1.45. The van der Waals surface area contributed by atoms with E-state index in [4.69, 9.17) is 10.4 Å². The van der Waals surface area contributed by atoms with Crippen LogP contribution in [0.2, 0.25) is 0 Å². The first-order valence-electron chi connectivity index (χ1n) is 4.64. The van der Waals surface area contributed by atoms with Gasteiger partial charge in [0.1, 0.15) is 6.07 Å². The average molecular weight is 240 g/mol. The molecule has 16 heavy (non-hydrogen) atoms. The fourth-order valence-corrected chi connectivity index (χ4v) is 2.61. The van der Waals surface area contributed by atoms with Gasteiger partial charge in [0.15, 0.2) is 14.9 Å². The summed E-state index contributed by atoms with van der Waals surface area (Å²) in [4.78, 5) is 3.87. The van der Waals surface area contributed by atoms with Gasteiger partial charge in [-0.3, -0.25) is 0 Å². The van der Waals surface area contributed by atoms with Crippen LogP contribution in [0.4, 0.5) is 0 Å². The maximum atomic E-state index is 11.7. The van der Waals surface area contributed by atoms with Crippen molar-refractivity contribution in [3.63, 3.8) is 0 Å². The number of aromatic nitrogens is 1. The van der Waals surface area contributed by atoms with E-state index in [1.807, 2.05) is 6.07 Å². The maximum absolute atomic E-state index is 11.7. The zero-order chi connectivity index (χ0) is 12.3. The van der Waals surface area contributed by atoms with Crippen molar-refractivity contribution >= 4 is 9.84 Å². The highest BCUT2D eigenvalue weighted by atomic mass is 32.2. The van der Waals surface area contributed by atoms with Gasteiger partial charge in [-0.2, -0.15) is 5.26 Å². The number of pyridine rings is 1. The Morgan fingerprint density at radius 1 is 1.50 bits per heavy atom. The van der Waals surface area contributed by atoms with Crippen molar-refractivity contribution in [2.45, 2.75) is 18.9 Å². The Morgan fingerprint density at radius 3 is 2.62 bits per heavy atom. The van der Waals surface area contributed by atoms with E-state index >= 15 is 0 Å². The molecule has 1 N–H and O–H groups in total. The molecule has 0 spiro atoms. The molecule has 1 aromatic rings. The number of nitriles is 1. The lowest BCUT2D eigenvalue weighted by atomic mass is 10.1. The molecule has 0 saturated carbocycles. The monoisotopic (exact) mass is 240 g/mol. The number of aliphatic hydroxyl groups is 1. The fraction of sp³-hybridized carbons (Fsp3) is 0.400. The van der Waals surface area contributed by atoms with Crippen molar-refractivity contribution in [2.24, 2.45) is 0 Å². The molecule has 0 aliphatic rings. The second-order valence-corrected chi connectivity index (χ2v) is 5.44. The van der Waals surface area contributed by atoms with E-state index in [1.165, 1.54) is 0 Å². The van der Waals surface area contributed by atoms with Crippen LogP contribution in [0.1, 0.15) is 16.8 Å². The summed E-state index contributed by atoms with van der Waals surface area (Å²) in [6, 6.07) is 3.48. The van der Waals surface area contributed by atoms with Crippen LogP contribution >= 0.6 is 0 Å². The van der Waals surface area contributed by atoms with Crippen molar-refractivity contribution in [3.05, 3.63) is 22.9 Å². The van der Waals surface area contributed by atoms with Crippen LogP contribution in [0, 0.1) is 25.2 Å². The molecule has 1 heterocycles. The summed E-state index contributed by atoms with van der Waals surface area (Å²) < 4.78 is 23.5. The summed E-state index contributed by atoms with van der Waals surface area (Å²) in [7, 11) is -3.68. The SMILES string of the molecule is Cc1cc(C)c(C#N)c(S(=O)(=O)CCO)n1. The van der Waals surface area contributed by atoms with Gasteiger partial charge >= 0.3 is 0 Å². The molecular weight excluding hydrogens is 228 g/mol. The number of hydrogen-bond acceptors (Lipinski definition) is 5. The standard InChI is InChI=1S/C10H12N2O3S/c1-7-5-8(2)12-10(9(7)6-11)16(14,15)4-3-13/h5,13H,3-4H2,1-2H3. The molecular formula is C10H12N2O3S. The van der Waals surface area contributed by atoms with Crippen molar-refractivity contribution in [3.8, 4) is 6.07 Å². The topological polar surface area (TPSA) is 91.0 Å². The first kappa shape index (κ1) is 12.6. The van der Waals surface area contributed by atoms with Gasteiger partial charge in [-0.15, -0.1) is 0 Å². The molecule has 0 aromatic carbocycles. The van der Waals surface area contributed by atoms with Gasteiger partial charge in [0, 0.05) is 5.69 Å². The van der Waals surface area contributed by atoms with Gasteiger partial charge in [-0.25, -0.2) is 13.4 Å². The van der Waals surface area contributed by atoms with Crippen LogP contribution in [0.3, 0.4) is 0 Å². The second-order valence-electron chi connectivity index (χ2n) is 3.41. The highest BCUT2D eigenvalue weighted by Gasteiger charge is 2.22. The third kappa shape index (κ3) is 2.38. The molecule has 0 unspecified atom stereocenters. The second kappa shape index (κ2) is 4.60. The normalized spacial score (nSPS) is 11.1. The molecule has 0 radical (unpaired) electrons. The van der Waals surface area contributed by atoms with Gasteiger partial charge in [0.25, 0.3) is 0 Å². The quantitative estimate of drug-likeness (QED) is 0.822. The summed E-state index contributed by atoms with van der Waals surface area (Å²) in [6.07, 6.45) is 0. The van der Waals surface area contributed by atoms with Crippen LogP contribution in [0.5, 0.6) is 0 Å². The summed E-state index contributed by atoms with van der Waals surface area (Å²) in [5.74, 6) is -0.419. The fourth-order valence-electron chi connectivity index (χ4n) is 1.38. The number of aliphatic hydroxyl groups excluding tert-OH is 1. The molecule has 1 rings (SSSR count). The number of nitrogens with zero attached hydrogens (tertiary/aromatic N) is 2. The van der Waals surface area contributed by atoms with E-state index in [1.54, 1.807) is 19.9 Å². The Balaban J connectivity index is 3.51. The van der Waals surface area contributed by atoms with Crippen LogP contribution in [-0.2, 0) is 9.84 Å². The Labute approximate surface area is 94.3 Å². The minimum absolute atomic E-state index is 0.0547. The minimum Gasteiger partial charge on any atom is -0.395 e. The number of sulfone groups is 1. The minimum atomic E-state index is -3.68. The third-order valence-corrected chi connectivity index (χ3v) is 3.68. The molecule has 0 atom stereocenters. The molecule has 0 bridgehead atoms. The molecule has 0 saturated heterocycles. The predicted octanol–water partition coefficient (Wildman–Crippen LogP) is 0.336. The van der Waals surface area contributed by atoms with Gasteiger partial charge in [-0.05, 0) is 25.5 Å². The number of hydrogen-bond donors (Lipinski definition) is 1. The third-order valence-electron chi connectivity index (χ3n) is 2.08. The first-order chi connectivity index (χ1) is 7.42. The van der Waals surface area contributed by atoms with Crippen molar-refractivity contribution in [1.29, 1.82) is 5.26 Å². The smallest absolute Gasteiger partial charge is 0.199 e. The lowest BCUT2D eigenvalue weighted by Gasteiger charge is -2.07. The van der Waals surface area contributed by atoms with Crippen molar-refractivity contribution < 1.29 is 13.5 Å². The largest absolute Gasteiger partial charge is 0.395 e. The molecule has 6 heteroatoms. The lowest BCUT2D eigenvalue weighted by Crippen LogP contribution is -2.14. The predicted molar refractivity (Wildman–Crippen MR) is 57.6 cm³/mol. The number of aryl methyl sites for hydroxylation is 2. The van der Waals surface area contributed by atoms with Crippen LogP contribution in [0.15, 0.2) is 11.1 Å². The lowest BCUT2D eigenvalue weighted by molar-refractivity contribution is 0.319. The van der Waals surface area contributed by atoms with Gasteiger partial charge in [0.05, 0.1) is 17.9 Å². The van der Waals surface area contributed by atoms with Crippen LogP contribution in [-0.4, -0.2) is 30.9 Å². The zero-order valence-electron chi connectivity index (χ0n) is 9.06. The number of rotatable bonds is 3. The van der Waals surface area contributed by atoms with E-state index in [-0.39, 0.29) is 10.6 Å². The maximum Gasteiger partial charge on any atom is 0.199 e. The molecule has 0 fully saturated rings. The van der Waals surface area contributed by atoms with Gasteiger partial charge < -0.3 is 5.11 Å². The molecule has 0 aliphatic carbocycles. The van der Waals surface area contributed by atoms with E-state index in [0.29, 0.717) is 11.3 Å². The summed E-state index contributed by atoms with van der Waals surface area (Å²) >= 11 is 0. The molecule has 1 aromatic heterocycles. The van der Waals surface area contributed by atoms with Gasteiger partial charge in [-0.1, -0.05) is 0 Å². The Morgan fingerprint density at radius 2 is 2.12 bits per heavy atom. The van der Waals surface area contributed by atoms with Gasteiger partial charge in [0.2, 0.25) is 0 Å². The molecule has 86 valence electrons. The Kier molecular flexibility index (Phi) is 3.62. The average Bonchev–Trinajstić information content (AvgIpc) is 2.16. The van der Waals surface area contributed by atoms with Crippen molar-refractivity contribution in [2.75, 3.05) is 12.4 Å². The summed E-state index contributed by atoms with van der Waals surface area (Å²) in [5, 5.41) is 17.3. The Bertz CT molecular complexity index is 544. The zero-order valence-corrected chi connectivity index (χ0v) is 9.87. The molecule has 5 nitrogen and oxygen atoms in total. The summed E-state index contributed by atoms with van der Waals surface area (Å²) in [5.41, 5.74) is 1.17. The van der Waals surface area contributed by atoms with Crippen LogP contribution < -0.4 is 0 Å². The molecule has 0 amide bonds.